The summed E-state index contributed by atoms with van der Waals surface area (Å²) in [5, 5.41) is 2.96. The van der Waals surface area contributed by atoms with Gasteiger partial charge in [-0.05, 0) is 24.6 Å². The van der Waals surface area contributed by atoms with Crippen molar-refractivity contribution in [1.82, 2.24) is 9.97 Å². The predicted molar refractivity (Wildman–Crippen MR) is 99.5 cm³/mol. The van der Waals surface area contributed by atoms with E-state index in [0.29, 0.717) is 23.0 Å². The maximum atomic E-state index is 11.0. The highest BCUT2D eigenvalue weighted by atomic mass is 32.1. The van der Waals surface area contributed by atoms with Crippen LogP contribution in [0.2, 0.25) is 0 Å². The molecule has 122 valence electrons. The normalized spacial score (nSPS) is 10.8. The van der Waals surface area contributed by atoms with Crippen LogP contribution in [-0.2, 0) is 0 Å². The lowest BCUT2D eigenvalue weighted by atomic mass is 10.1. The number of aromatic nitrogens is 2. The molecule has 0 bridgehead atoms. The summed E-state index contributed by atoms with van der Waals surface area (Å²) in [6.07, 6.45) is 0.799. The summed E-state index contributed by atoms with van der Waals surface area (Å²) in [5.74, 6) is 1.73. The fourth-order valence-electron chi connectivity index (χ4n) is 2.68. The summed E-state index contributed by atoms with van der Waals surface area (Å²) in [4.78, 5) is 20.9. The third-order valence-corrected chi connectivity index (χ3v) is 4.68. The molecule has 0 aliphatic carbocycles. The molecular formula is C20H14N2O2S. The quantitative estimate of drug-likeness (QED) is 0.472. The van der Waals surface area contributed by atoms with Crippen molar-refractivity contribution >= 4 is 27.8 Å². The van der Waals surface area contributed by atoms with E-state index in [1.807, 2.05) is 31.2 Å². The van der Waals surface area contributed by atoms with E-state index in [9.17, 15) is 4.79 Å². The average molecular weight is 346 g/mol. The number of hydrogen-bond donors (Lipinski definition) is 0. The lowest BCUT2D eigenvalue weighted by Crippen LogP contribution is -1.95. The first-order valence-electron chi connectivity index (χ1n) is 7.79. The summed E-state index contributed by atoms with van der Waals surface area (Å²) in [6.45, 7) is 1.84. The van der Waals surface area contributed by atoms with E-state index in [1.165, 1.54) is 0 Å². The third-order valence-electron chi connectivity index (χ3n) is 3.81. The Kier molecular flexibility index (Phi) is 3.99. The van der Waals surface area contributed by atoms with Crippen LogP contribution < -0.4 is 4.74 Å². The lowest BCUT2D eigenvalue weighted by molar-refractivity contribution is 0.112. The maximum Gasteiger partial charge on any atom is 0.231 e. The molecule has 0 N–H and O–H groups in total. The number of carbonyl (C=O) groups is 1. The first kappa shape index (κ1) is 15.5. The topological polar surface area (TPSA) is 52.1 Å². The number of carbonyl (C=O) groups excluding carboxylic acids is 1. The van der Waals surface area contributed by atoms with Gasteiger partial charge in [0.25, 0.3) is 0 Å². The van der Waals surface area contributed by atoms with Gasteiger partial charge in [-0.25, -0.2) is 4.98 Å². The van der Waals surface area contributed by atoms with Crippen molar-refractivity contribution in [3.63, 3.8) is 0 Å². The smallest absolute Gasteiger partial charge is 0.231 e. The highest BCUT2D eigenvalue weighted by molar-refractivity contribution is 7.17. The molecule has 4 aromatic rings. The fraction of sp³-hybridized carbons (Fsp3) is 0.0500. The minimum absolute atomic E-state index is 0.505. The van der Waals surface area contributed by atoms with Crippen molar-refractivity contribution in [3.05, 3.63) is 71.4 Å². The van der Waals surface area contributed by atoms with Gasteiger partial charge in [-0.2, -0.15) is 4.98 Å². The van der Waals surface area contributed by atoms with Crippen molar-refractivity contribution in [3.8, 4) is 22.8 Å². The van der Waals surface area contributed by atoms with E-state index >= 15 is 0 Å². The Bertz CT molecular complexity index is 1060. The molecule has 25 heavy (non-hydrogen) atoms. The zero-order valence-corrected chi connectivity index (χ0v) is 14.3. The van der Waals surface area contributed by atoms with Gasteiger partial charge in [0.05, 0.1) is 5.39 Å². The van der Waals surface area contributed by atoms with Crippen LogP contribution in [0, 0.1) is 6.92 Å². The molecule has 2 heterocycles. The predicted octanol–water partition coefficient (Wildman–Crippen LogP) is 5.27. The lowest BCUT2D eigenvalue weighted by Gasteiger charge is -2.09. The molecule has 0 spiro atoms. The molecule has 0 radical (unpaired) electrons. The van der Waals surface area contributed by atoms with E-state index in [1.54, 1.807) is 29.5 Å². The molecule has 0 amide bonds. The van der Waals surface area contributed by atoms with Gasteiger partial charge in [0, 0.05) is 16.5 Å². The Morgan fingerprint density at radius 3 is 2.68 bits per heavy atom. The third kappa shape index (κ3) is 3.02. The van der Waals surface area contributed by atoms with Gasteiger partial charge in [0.1, 0.15) is 22.7 Å². The number of nitrogens with zero attached hydrogens (tertiary/aromatic N) is 2. The van der Waals surface area contributed by atoms with Crippen molar-refractivity contribution < 1.29 is 9.53 Å². The molecule has 0 atom stereocenters. The summed E-state index contributed by atoms with van der Waals surface area (Å²) in [7, 11) is 0. The van der Waals surface area contributed by atoms with E-state index in [0.717, 1.165) is 27.6 Å². The van der Waals surface area contributed by atoms with E-state index in [4.69, 9.17) is 4.74 Å². The van der Waals surface area contributed by atoms with E-state index < -0.39 is 0 Å². The molecule has 2 aromatic heterocycles. The molecular weight excluding hydrogens is 332 g/mol. The summed E-state index contributed by atoms with van der Waals surface area (Å²) >= 11 is 1.57. The van der Waals surface area contributed by atoms with Gasteiger partial charge in [-0.1, -0.05) is 42.5 Å². The van der Waals surface area contributed by atoms with Gasteiger partial charge >= 0.3 is 0 Å². The van der Waals surface area contributed by atoms with Crippen LogP contribution in [0.3, 0.4) is 0 Å². The maximum absolute atomic E-state index is 11.0. The van der Waals surface area contributed by atoms with Crippen molar-refractivity contribution in [2.24, 2.45) is 0 Å². The fourth-order valence-corrected chi connectivity index (χ4v) is 3.66. The number of benzene rings is 2. The number of aryl methyl sites for hydroxylation is 1. The molecule has 2 aromatic carbocycles. The van der Waals surface area contributed by atoms with E-state index in [-0.39, 0.29) is 0 Å². The minimum atomic E-state index is 0.505. The van der Waals surface area contributed by atoms with Crippen LogP contribution in [0.25, 0.3) is 21.3 Å². The molecule has 4 nitrogen and oxygen atoms in total. The Balaban J connectivity index is 1.87. The van der Waals surface area contributed by atoms with Gasteiger partial charge in [0.15, 0.2) is 0 Å². The standard InChI is InChI=1S/C20H14N2O2S/c1-13-21-19(24-16-9-5-6-14(10-16)11-23)18-17(12-25-20(18)22-13)15-7-3-2-4-8-15/h2-12H,1H3. The molecule has 0 aliphatic heterocycles. The van der Waals surface area contributed by atoms with Crippen molar-refractivity contribution in [2.45, 2.75) is 6.92 Å². The van der Waals surface area contributed by atoms with Crippen LogP contribution >= 0.6 is 11.3 Å². The zero-order chi connectivity index (χ0) is 17.2. The van der Waals surface area contributed by atoms with Crippen LogP contribution in [0.4, 0.5) is 0 Å². The molecule has 0 saturated carbocycles. The van der Waals surface area contributed by atoms with Crippen molar-refractivity contribution in [2.75, 3.05) is 0 Å². The highest BCUT2D eigenvalue weighted by Gasteiger charge is 2.16. The largest absolute Gasteiger partial charge is 0.438 e. The molecule has 0 unspecified atom stereocenters. The Labute approximate surface area is 148 Å². The molecule has 0 aliphatic rings. The SMILES string of the molecule is Cc1nc(Oc2cccc(C=O)c2)c2c(-c3ccccc3)csc2n1. The summed E-state index contributed by atoms with van der Waals surface area (Å²) in [5.41, 5.74) is 2.70. The van der Waals surface area contributed by atoms with Crippen LogP contribution in [0.15, 0.2) is 60.0 Å². The molecule has 0 saturated heterocycles. The molecule has 4 rings (SSSR count). The number of thiophene rings is 1. The number of fused-ring (bicyclic) bond motifs is 1. The van der Waals surface area contributed by atoms with Gasteiger partial charge in [-0.15, -0.1) is 11.3 Å². The average Bonchev–Trinajstić information content (AvgIpc) is 3.06. The van der Waals surface area contributed by atoms with Crippen LogP contribution in [0.1, 0.15) is 16.2 Å². The molecule has 0 fully saturated rings. The van der Waals surface area contributed by atoms with Gasteiger partial charge in [0.2, 0.25) is 5.88 Å². The number of hydrogen-bond acceptors (Lipinski definition) is 5. The second kappa shape index (κ2) is 6.45. The highest BCUT2D eigenvalue weighted by Crippen LogP contribution is 2.39. The monoisotopic (exact) mass is 346 g/mol. The summed E-state index contributed by atoms with van der Waals surface area (Å²) in [6, 6.07) is 17.1. The van der Waals surface area contributed by atoms with E-state index in [2.05, 4.69) is 27.5 Å². The Hall–Kier alpha value is -3.05. The first-order chi connectivity index (χ1) is 12.2. The number of ether oxygens (including phenoxy) is 1. The van der Waals surface area contributed by atoms with Crippen molar-refractivity contribution in [1.29, 1.82) is 0 Å². The first-order valence-corrected chi connectivity index (χ1v) is 8.67. The minimum Gasteiger partial charge on any atom is -0.438 e. The van der Waals surface area contributed by atoms with Crippen LogP contribution in [0.5, 0.6) is 11.6 Å². The Morgan fingerprint density at radius 1 is 1.04 bits per heavy atom. The van der Waals surface area contributed by atoms with Gasteiger partial charge < -0.3 is 4.74 Å². The van der Waals surface area contributed by atoms with Gasteiger partial charge in [-0.3, -0.25) is 4.79 Å². The Morgan fingerprint density at radius 2 is 1.88 bits per heavy atom. The van der Waals surface area contributed by atoms with Crippen LogP contribution in [-0.4, -0.2) is 16.3 Å². The number of aldehydes is 1. The second-order valence-corrected chi connectivity index (χ2v) is 6.42. The number of rotatable bonds is 4. The summed E-state index contributed by atoms with van der Waals surface area (Å²) < 4.78 is 6.03. The second-order valence-electron chi connectivity index (χ2n) is 5.56. The zero-order valence-electron chi connectivity index (χ0n) is 13.5. The molecule has 5 heteroatoms.